The van der Waals surface area contributed by atoms with Gasteiger partial charge < -0.3 is 15.1 Å². The van der Waals surface area contributed by atoms with Crippen LogP contribution in [0, 0.1) is 0 Å². The van der Waals surface area contributed by atoms with Crippen LogP contribution in [0.1, 0.15) is 46.5 Å². The number of hydrogen-bond donors (Lipinski definition) is 1. The van der Waals surface area contributed by atoms with E-state index in [-0.39, 0.29) is 18.5 Å². The number of urea groups is 1. The Hall–Kier alpha value is -1.47. The van der Waals surface area contributed by atoms with E-state index in [0.29, 0.717) is 6.54 Å². The van der Waals surface area contributed by atoms with E-state index in [2.05, 4.69) is 5.32 Å². The summed E-state index contributed by atoms with van der Waals surface area (Å²) in [4.78, 5) is 27.2. The van der Waals surface area contributed by atoms with Gasteiger partial charge in [0.1, 0.15) is 6.04 Å². The first-order chi connectivity index (χ1) is 10.7. The Morgan fingerprint density at radius 1 is 1.35 bits per heavy atom. The number of halogens is 3. The molecule has 1 aliphatic heterocycles. The van der Waals surface area contributed by atoms with Crippen molar-refractivity contribution in [1.29, 1.82) is 0 Å². The fourth-order valence-corrected chi connectivity index (χ4v) is 2.68. The predicted molar refractivity (Wildman–Crippen MR) is 80.9 cm³/mol. The second-order valence-corrected chi connectivity index (χ2v) is 5.99. The van der Waals surface area contributed by atoms with Crippen molar-refractivity contribution in [3.05, 3.63) is 0 Å². The first-order valence-corrected chi connectivity index (χ1v) is 8.08. The van der Waals surface area contributed by atoms with Crippen LogP contribution in [0.15, 0.2) is 0 Å². The monoisotopic (exact) mass is 337 g/mol. The number of hydrogen-bond acceptors (Lipinski definition) is 2. The van der Waals surface area contributed by atoms with Crippen molar-refractivity contribution >= 4 is 11.9 Å². The van der Waals surface area contributed by atoms with Gasteiger partial charge in [-0.1, -0.05) is 0 Å². The van der Waals surface area contributed by atoms with Gasteiger partial charge in [0.2, 0.25) is 5.91 Å². The first-order valence-electron chi connectivity index (χ1n) is 8.08. The third-order valence-electron chi connectivity index (χ3n) is 4.13. The Balaban J connectivity index is 2.54. The summed E-state index contributed by atoms with van der Waals surface area (Å²) in [5.74, 6) is -0.183. The summed E-state index contributed by atoms with van der Waals surface area (Å²) in [5, 5.41) is 2.51. The molecule has 1 fully saturated rings. The zero-order chi connectivity index (χ0) is 17.6. The zero-order valence-corrected chi connectivity index (χ0v) is 13.9. The largest absolute Gasteiger partial charge is 0.390 e. The van der Waals surface area contributed by atoms with Crippen molar-refractivity contribution in [2.24, 2.45) is 0 Å². The topological polar surface area (TPSA) is 52.7 Å². The van der Waals surface area contributed by atoms with Crippen LogP contribution in [0.2, 0.25) is 0 Å². The molecule has 0 bridgehead atoms. The predicted octanol–water partition coefficient (Wildman–Crippen LogP) is 2.76. The molecule has 134 valence electrons. The highest BCUT2D eigenvalue weighted by atomic mass is 19.4. The summed E-state index contributed by atoms with van der Waals surface area (Å²) >= 11 is 0. The van der Waals surface area contributed by atoms with Crippen LogP contribution < -0.4 is 5.32 Å². The van der Waals surface area contributed by atoms with Crippen LogP contribution in [0.25, 0.3) is 0 Å². The molecule has 5 nitrogen and oxygen atoms in total. The van der Waals surface area contributed by atoms with E-state index in [4.69, 9.17) is 0 Å². The van der Waals surface area contributed by atoms with Crippen LogP contribution >= 0.6 is 0 Å². The third kappa shape index (κ3) is 6.27. The molecule has 0 aromatic rings. The Labute approximate surface area is 135 Å². The molecule has 0 aromatic carbocycles. The summed E-state index contributed by atoms with van der Waals surface area (Å²) in [5.41, 5.74) is 0. The standard InChI is InChI=1S/C15H26F3N3O2/c1-4-20(10-8-15(16,17)18)14(23)19-12(3)13(22)21-9-6-5-7-11(21)2/h11-12H,4-10H2,1-3H3,(H,19,23)/t11-,12+/m0/s1. The molecule has 1 rings (SSSR count). The van der Waals surface area contributed by atoms with Gasteiger partial charge in [-0.25, -0.2) is 4.79 Å². The van der Waals surface area contributed by atoms with Gasteiger partial charge in [-0.3, -0.25) is 4.79 Å². The molecule has 3 amide bonds. The fourth-order valence-electron chi connectivity index (χ4n) is 2.68. The van der Waals surface area contributed by atoms with E-state index in [0.717, 1.165) is 24.2 Å². The van der Waals surface area contributed by atoms with Crippen LogP contribution in [-0.2, 0) is 4.79 Å². The average Bonchev–Trinajstić information content (AvgIpc) is 2.46. The molecule has 1 saturated heterocycles. The molecular formula is C15H26F3N3O2. The van der Waals surface area contributed by atoms with Gasteiger partial charge in [-0.2, -0.15) is 13.2 Å². The number of likely N-dealkylation sites (tertiary alicyclic amines) is 1. The van der Waals surface area contributed by atoms with E-state index in [9.17, 15) is 22.8 Å². The van der Waals surface area contributed by atoms with Crippen LogP contribution in [-0.4, -0.2) is 59.6 Å². The van der Waals surface area contributed by atoms with Gasteiger partial charge in [0.05, 0.1) is 6.42 Å². The Kier molecular flexibility index (Phi) is 7.15. The maximum atomic E-state index is 12.4. The Morgan fingerprint density at radius 2 is 2.00 bits per heavy atom. The molecule has 1 heterocycles. The molecule has 1 aliphatic rings. The molecule has 0 aliphatic carbocycles. The lowest BCUT2D eigenvalue weighted by molar-refractivity contribution is -0.138. The molecule has 23 heavy (non-hydrogen) atoms. The van der Waals surface area contributed by atoms with E-state index in [1.54, 1.807) is 18.7 Å². The lowest BCUT2D eigenvalue weighted by Crippen LogP contribution is -2.54. The molecule has 8 heteroatoms. The van der Waals surface area contributed by atoms with Gasteiger partial charge in [0.15, 0.2) is 0 Å². The minimum absolute atomic E-state index is 0.128. The molecule has 0 radical (unpaired) electrons. The molecule has 2 atom stereocenters. The Bertz CT molecular complexity index is 415. The Morgan fingerprint density at radius 3 is 2.52 bits per heavy atom. The number of rotatable bonds is 5. The number of nitrogens with zero attached hydrogens (tertiary/aromatic N) is 2. The van der Waals surface area contributed by atoms with Gasteiger partial charge >= 0.3 is 12.2 Å². The van der Waals surface area contributed by atoms with Crippen molar-refractivity contribution < 1.29 is 22.8 Å². The summed E-state index contributed by atoms with van der Waals surface area (Å²) in [7, 11) is 0. The number of amides is 3. The summed E-state index contributed by atoms with van der Waals surface area (Å²) in [6, 6.07) is -1.26. The number of alkyl halides is 3. The smallest absolute Gasteiger partial charge is 0.338 e. The van der Waals surface area contributed by atoms with E-state index < -0.39 is 31.2 Å². The van der Waals surface area contributed by atoms with Crippen molar-refractivity contribution in [3.63, 3.8) is 0 Å². The maximum Gasteiger partial charge on any atom is 0.390 e. The lowest BCUT2D eigenvalue weighted by atomic mass is 10.0. The molecule has 0 saturated carbocycles. The van der Waals surface area contributed by atoms with E-state index in [1.165, 1.54) is 0 Å². The third-order valence-corrected chi connectivity index (χ3v) is 4.13. The quantitative estimate of drug-likeness (QED) is 0.839. The van der Waals surface area contributed by atoms with Crippen molar-refractivity contribution in [2.45, 2.75) is 64.7 Å². The minimum Gasteiger partial charge on any atom is -0.338 e. The summed E-state index contributed by atoms with van der Waals surface area (Å²) in [6.45, 7) is 5.54. The number of carbonyl (C=O) groups excluding carboxylic acids is 2. The molecular weight excluding hydrogens is 311 g/mol. The average molecular weight is 337 g/mol. The van der Waals surface area contributed by atoms with E-state index in [1.807, 2.05) is 6.92 Å². The van der Waals surface area contributed by atoms with Gasteiger partial charge in [0, 0.05) is 25.7 Å². The normalized spacial score (nSPS) is 20.1. The molecule has 0 aromatic heterocycles. The highest BCUT2D eigenvalue weighted by Crippen LogP contribution is 2.20. The van der Waals surface area contributed by atoms with Crippen molar-refractivity contribution in [1.82, 2.24) is 15.1 Å². The van der Waals surface area contributed by atoms with Crippen molar-refractivity contribution in [2.75, 3.05) is 19.6 Å². The molecule has 0 spiro atoms. The van der Waals surface area contributed by atoms with Crippen molar-refractivity contribution in [3.8, 4) is 0 Å². The van der Waals surface area contributed by atoms with E-state index >= 15 is 0 Å². The second-order valence-electron chi connectivity index (χ2n) is 5.99. The van der Waals surface area contributed by atoms with Crippen LogP contribution in [0.3, 0.4) is 0 Å². The fraction of sp³-hybridized carbons (Fsp3) is 0.867. The lowest BCUT2D eigenvalue weighted by Gasteiger charge is -2.35. The van der Waals surface area contributed by atoms with Gasteiger partial charge in [-0.05, 0) is 40.0 Å². The summed E-state index contributed by atoms with van der Waals surface area (Å²) in [6.07, 6.45) is -2.42. The van der Waals surface area contributed by atoms with Gasteiger partial charge in [-0.15, -0.1) is 0 Å². The molecule has 1 N–H and O–H groups in total. The number of piperidine rings is 1. The zero-order valence-electron chi connectivity index (χ0n) is 13.9. The van der Waals surface area contributed by atoms with Crippen LogP contribution in [0.4, 0.5) is 18.0 Å². The van der Waals surface area contributed by atoms with Gasteiger partial charge in [0.25, 0.3) is 0 Å². The maximum absolute atomic E-state index is 12.4. The number of nitrogens with one attached hydrogen (secondary N) is 1. The second kappa shape index (κ2) is 8.40. The number of carbonyl (C=O) groups is 2. The minimum atomic E-state index is -4.31. The summed E-state index contributed by atoms with van der Waals surface area (Å²) < 4.78 is 36.8. The molecule has 0 unspecified atom stereocenters. The highest BCUT2D eigenvalue weighted by molar-refractivity contribution is 5.87. The SMILES string of the molecule is CCN(CCC(F)(F)F)C(=O)N[C@H](C)C(=O)N1CCCC[C@@H]1C. The van der Waals surface area contributed by atoms with Crippen LogP contribution in [0.5, 0.6) is 0 Å². The first kappa shape index (κ1) is 19.6. The highest BCUT2D eigenvalue weighted by Gasteiger charge is 2.31.